The van der Waals surface area contributed by atoms with Gasteiger partial charge in [0, 0.05) is 5.56 Å². The van der Waals surface area contributed by atoms with Gasteiger partial charge in [0.1, 0.15) is 17.4 Å². The number of nitrogens with one attached hydrogen (secondary N) is 1. The molecule has 1 N–H and O–H groups in total. The zero-order chi connectivity index (χ0) is 22.4. The molecule has 0 aliphatic heterocycles. The lowest BCUT2D eigenvalue weighted by Gasteiger charge is -2.31. The van der Waals surface area contributed by atoms with Gasteiger partial charge in [0.15, 0.2) is 0 Å². The highest BCUT2D eigenvalue weighted by atomic mass is 16.5. The van der Waals surface area contributed by atoms with Crippen LogP contribution in [-0.2, 0) is 10.3 Å². The predicted molar refractivity (Wildman–Crippen MR) is 125 cm³/mol. The molecule has 2 aromatic carbocycles. The van der Waals surface area contributed by atoms with Crippen LogP contribution >= 0.6 is 0 Å². The van der Waals surface area contributed by atoms with Crippen molar-refractivity contribution in [2.24, 2.45) is 0 Å². The summed E-state index contributed by atoms with van der Waals surface area (Å²) in [6.45, 7) is 0. The molecule has 1 heterocycles. The number of amides is 1. The van der Waals surface area contributed by atoms with Crippen molar-refractivity contribution in [2.45, 2.75) is 31.2 Å². The largest absolute Gasteiger partial charge is 0.497 e. The zero-order valence-corrected chi connectivity index (χ0v) is 18.0. The number of pyridine rings is 1. The molecule has 1 aromatic heterocycles. The average Bonchev–Trinajstić information content (AvgIpc) is 3.33. The second-order valence-electron chi connectivity index (χ2n) is 7.96. The molecule has 1 saturated carbocycles. The maximum Gasteiger partial charge on any atom is 0.262 e. The minimum atomic E-state index is -0.424. The zero-order valence-electron chi connectivity index (χ0n) is 18.0. The predicted octanol–water partition coefficient (Wildman–Crippen LogP) is 5.25. The molecule has 1 aliphatic rings. The van der Waals surface area contributed by atoms with Crippen molar-refractivity contribution in [3.05, 3.63) is 89.6 Å². The van der Waals surface area contributed by atoms with Gasteiger partial charge in [-0.3, -0.25) is 4.79 Å². The Kier molecular flexibility index (Phi) is 6.32. The first-order chi connectivity index (χ1) is 15.6. The lowest BCUT2D eigenvalue weighted by Crippen LogP contribution is -2.44. The summed E-state index contributed by atoms with van der Waals surface area (Å²) in [7, 11) is 1.63. The molecule has 0 radical (unpaired) electrons. The Labute approximate surface area is 188 Å². The van der Waals surface area contributed by atoms with Crippen molar-refractivity contribution in [3.63, 3.8) is 0 Å². The quantitative estimate of drug-likeness (QED) is 0.434. The van der Waals surface area contributed by atoms with Crippen molar-refractivity contribution in [2.75, 3.05) is 7.11 Å². The summed E-state index contributed by atoms with van der Waals surface area (Å²) in [6.07, 6.45) is 5.38. The number of carbonyl (C=O) groups excluding carboxylic acids is 1. The highest BCUT2D eigenvalue weighted by molar-refractivity contribution is 6.02. The molecule has 0 spiro atoms. The number of ether oxygens (including phenoxy) is 1. The van der Waals surface area contributed by atoms with Gasteiger partial charge in [-0.1, -0.05) is 49.2 Å². The van der Waals surface area contributed by atoms with Crippen LogP contribution in [0.25, 0.3) is 17.3 Å². The Balaban J connectivity index is 1.59. The van der Waals surface area contributed by atoms with Gasteiger partial charge in [-0.15, -0.1) is 0 Å². The second kappa shape index (κ2) is 9.49. The maximum atomic E-state index is 13.1. The van der Waals surface area contributed by atoms with E-state index < -0.39 is 5.54 Å². The third-order valence-electron chi connectivity index (χ3n) is 5.95. The van der Waals surface area contributed by atoms with Crippen LogP contribution in [-0.4, -0.2) is 18.0 Å². The van der Waals surface area contributed by atoms with E-state index in [0.717, 1.165) is 48.3 Å². The topological polar surface area (TPSA) is 75.0 Å². The molecule has 0 unspecified atom stereocenters. The van der Waals surface area contributed by atoms with E-state index in [2.05, 4.69) is 16.4 Å². The van der Waals surface area contributed by atoms with Gasteiger partial charge in [0.2, 0.25) is 0 Å². The monoisotopic (exact) mass is 423 g/mol. The Morgan fingerprint density at radius 2 is 1.75 bits per heavy atom. The van der Waals surface area contributed by atoms with Gasteiger partial charge >= 0.3 is 0 Å². The van der Waals surface area contributed by atoms with Crippen LogP contribution in [0.3, 0.4) is 0 Å². The van der Waals surface area contributed by atoms with Crippen LogP contribution < -0.4 is 10.1 Å². The first kappa shape index (κ1) is 21.3. The molecule has 5 heteroatoms. The number of nitriles is 1. The van der Waals surface area contributed by atoms with Gasteiger partial charge in [0.25, 0.3) is 5.91 Å². The number of methoxy groups -OCH3 is 1. The molecule has 1 aliphatic carbocycles. The molecule has 5 nitrogen and oxygen atoms in total. The first-order valence-electron chi connectivity index (χ1n) is 10.7. The van der Waals surface area contributed by atoms with E-state index in [1.807, 2.05) is 66.7 Å². The van der Waals surface area contributed by atoms with Crippen LogP contribution in [0.1, 0.15) is 36.9 Å². The lowest BCUT2D eigenvalue weighted by atomic mass is 9.88. The Bertz CT molecular complexity index is 1160. The molecule has 0 saturated heterocycles. The summed E-state index contributed by atoms with van der Waals surface area (Å²) in [5, 5.41) is 12.9. The summed E-state index contributed by atoms with van der Waals surface area (Å²) in [4.78, 5) is 17.7. The normalized spacial score (nSPS) is 15.1. The molecule has 0 bridgehead atoms. The van der Waals surface area contributed by atoms with Crippen molar-refractivity contribution in [1.82, 2.24) is 10.3 Å². The van der Waals surface area contributed by atoms with E-state index in [-0.39, 0.29) is 11.5 Å². The highest BCUT2D eigenvalue weighted by Crippen LogP contribution is 2.38. The highest BCUT2D eigenvalue weighted by Gasteiger charge is 2.37. The van der Waals surface area contributed by atoms with Gasteiger partial charge < -0.3 is 10.1 Å². The van der Waals surface area contributed by atoms with E-state index in [4.69, 9.17) is 4.74 Å². The van der Waals surface area contributed by atoms with Gasteiger partial charge in [-0.25, -0.2) is 4.98 Å². The molecule has 32 heavy (non-hydrogen) atoms. The first-order valence-corrected chi connectivity index (χ1v) is 10.7. The van der Waals surface area contributed by atoms with Gasteiger partial charge in [0.05, 0.1) is 24.0 Å². The summed E-state index contributed by atoms with van der Waals surface area (Å²) in [5.41, 5.74) is 2.96. The van der Waals surface area contributed by atoms with E-state index in [1.165, 1.54) is 0 Å². The minimum absolute atomic E-state index is 0.0478. The Morgan fingerprint density at radius 1 is 1.03 bits per heavy atom. The van der Waals surface area contributed by atoms with Crippen LogP contribution in [0.5, 0.6) is 5.75 Å². The number of hydrogen-bond acceptors (Lipinski definition) is 4. The van der Waals surface area contributed by atoms with Crippen molar-refractivity contribution < 1.29 is 9.53 Å². The van der Waals surface area contributed by atoms with Crippen molar-refractivity contribution in [1.29, 1.82) is 5.26 Å². The number of nitrogens with zero attached hydrogens (tertiary/aromatic N) is 2. The summed E-state index contributed by atoms with van der Waals surface area (Å²) < 4.78 is 5.21. The number of rotatable bonds is 6. The van der Waals surface area contributed by atoms with E-state index in [0.29, 0.717) is 5.69 Å². The fraction of sp³-hybridized carbons (Fsp3) is 0.222. The molecule has 1 amide bonds. The van der Waals surface area contributed by atoms with Crippen LogP contribution in [0.15, 0.2) is 78.4 Å². The molecule has 3 aromatic rings. The Morgan fingerprint density at radius 3 is 2.41 bits per heavy atom. The maximum absolute atomic E-state index is 13.1. The molecule has 4 rings (SSSR count). The van der Waals surface area contributed by atoms with E-state index in [9.17, 15) is 10.1 Å². The smallest absolute Gasteiger partial charge is 0.262 e. The van der Waals surface area contributed by atoms with Crippen LogP contribution in [0.4, 0.5) is 0 Å². The third-order valence-corrected chi connectivity index (χ3v) is 5.95. The second-order valence-corrected chi connectivity index (χ2v) is 7.96. The SMILES string of the molecule is COc1ccc(-c2cccc(/C=C(\C#N)C(=O)NC3(c4ccccc4)CCCC3)n2)cc1. The van der Waals surface area contributed by atoms with Crippen LogP contribution in [0.2, 0.25) is 0 Å². The summed E-state index contributed by atoms with van der Waals surface area (Å²) in [6, 6.07) is 25.2. The molecule has 1 fully saturated rings. The minimum Gasteiger partial charge on any atom is -0.497 e. The fourth-order valence-electron chi connectivity index (χ4n) is 4.26. The molecule has 160 valence electrons. The van der Waals surface area contributed by atoms with Crippen LogP contribution in [0, 0.1) is 11.3 Å². The third kappa shape index (κ3) is 4.55. The van der Waals surface area contributed by atoms with E-state index in [1.54, 1.807) is 19.3 Å². The summed E-state index contributed by atoms with van der Waals surface area (Å²) >= 11 is 0. The average molecular weight is 424 g/mol. The number of carbonyl (C=O) groups is 1. The number of aromatic nitrogens is 1. The van der Waals surface area contributed by atoms with Crippen molar-refractivity contribution in [3.8, 4) is 23.1 Å². The van der Waals surface area contributed by atoms with Gasteiger partial charge in [-0.05, 0) is 60.9 Å². The molecular weight excluding hydrogens is 398 g/mol. The number of benzene rings is 2. The van der Waals surface area contributed by atoms with E-state index >= 15 is 0 Å². The molecular formula is C27H25N3O2. The molecule has 0 atom stereocenters. The summed E-state index contributed by atoms with van der Waals surface area (Å²) in [5.74, 6) is 0.405. The standard InChI is InChI=1S/C27H25N3O2/c1-32-24-14-12-20(13-15-24)25-11-7-10-23(29-25)18-21(19-28)26(31)30-27(16-5-6-17-27)22-8-3-2-4-9-22/h2-4,7-15,18H,5-6,16-17H2,1H3,(H,30,31)/b21-18+. The van der Waals surface area contributed by atoms with Crippen molar-refractivity contribution >= 4 is 12.0 Å². The lowest BCUT2D eigenvalue weighted by molar-refractivity contribution is -0.119. The van der Waals surface area contributed by atoms with Gasteiger partial charge in [-0.2, -0.15) is 5.26 Å². The fourth-order valence-corrected chi connectivity index (χ4v) is 4.26. The number of hydrogen-bond donors (Lipinski definition) is 1. The Hall–Kier alpha value is -3.91.